The average molecular weight is 449 g/mol. The SMILES string of the molecule is COc1ccc(-n2cc(-c3cccs3)nc2-c2ccc(-c3ccnc4[nH]ccc34)cc2)cc1. The highest BCUT2D eigenvalue weighted by Gasteiger charge is 2.15. The van der Waals surface area contributed by atoms with Crippen LogP contribution in [0.5, 0.6) is 5.75 Å². The monoisotopic (exact) mass is 448 g/mol. The van der Waals surface area contributed by atoms with E-state index in [1.54, 1.807) is 18.4 Å². The second-order valence-electron chi connectivity index (χ2n) is 7.67. The standard InChI is InChI=1S/C27H20N4OS/c1-32-21-10-8-20(9-11-21)31-17-24(25-3-2-16-33-25)30-27(31)19-6-4-18(5-7-19)22-12-14-28-26-23(22)13-15-29-26/h2-17H,1H3,(H,28,29). The first-order valence-electron chi connectivity index (χ1n) is 10.6. The van der Waals surface area contributed by atoms with E-state index < -0.39 is 0 Å². The maximum atomic E-state index is 5.33. The number of methoxy groups -OCH3 is 1. The fraction of sp³-hybridized carbons (Fsp3) is 0.0370. The molecule has 0 aliphatic heterocycles. The summed E-state index contributed by atoms with van der Waals surface area (Å²) in [5.74, 6) is 1.73. The molecule has 6 heteroatoms. The summed E-state index contributed by atoms with van der Waals surface area (Å²) in [5, 5.41) is 3.19. The number of nitrogens with zero attached hydrogens (tertiary/aromatic N) is 3. The van der Waals surface area contributed by atoms with Gasteiger partial charge in [0.15, 0.2) is 0 Å². The summed E-state index contributed by atoms with van der Waals surface area (Å²) in [4.78, 5) is 13.7. The average Bonchev–Trinajstić information content (AvgIpc) is 3.64. The predicted molar refractivity (Wildman–Crippen MR) is 134 cm³/mol. The molecular weight excluding hydrogens is 428 g/mol. The van der Waals surface area contributed by atoms with Crippen LogP contribution < -0.4 is 4.74 Å². The minimum absolute atomic E-state index is 0.830. The molecule has 0 unspecified atom stereocenters. The maximum Gasteiger partial charge on any atom is 0.145 e. The lowest BCUT2D eigenvalue weighted by atomic mass is 10.0. The number of H-pyrrole nitrogens is 1. The number of thiophene rings is 1. The van der Waals surface area contributed by atoms with Crippen LogP contribution in [0, 0.1) is 0 Å². The van der Waals surface area contributed by atoms with Gasteiger partial charge in [-0.05, 0) is 59.0 Å². The zero-order valence-corrected chi connectivity index (χ0v) is 18.7. The van der Waals surface area contributed by atoms with Crippen molar-refractivity contribution in [2.24, 2.45) is 0 Å². The van der Waals surface area contributed by atoms with Crippen LogP contribution in [0.3, 0.4) is 0 Å². The fourth-order valence-corrected chi connectivity index (χ4v) is 4.76. The first kappa shape index (κ1) is 19.5. The minimum Gasteiger partial charge on any atom is -0.497 e. The number of fused-ring (bicyclic) bond motifs is 1. The molecule has 5 nitrogen and oxygen atoms in total. The van der Waals surface area contributed by atoms with E-state index in [0.29, 0.717) is 0 Å². The van der Waals surface area contributed by atoms with Crippen LogP contribution in [-0.2, 0) is 0 Å². The molecule has 0 amide bonds. The minimum atomic E-state index is 0.830. The molecule has 160 valence electrons. The lowest BCUT2D eigenvalue weighted by Gasteiger charge is -2.10. The van der Waals surface area contributed by atoms with Crippen LogP contribution in [0.2, 0.25) is 0 Å². The Morgan fingerprint density at radius 1 is 0.909 bits per heavy atom. The number of hydrogen-bond donors (Lipinski definition) is 1. The number of ether oxygens (including phenoxy) is 1. The first-order chi connectivity index (χ1) is 16.3. The van der Waals surface area contributed by atoms with E-state index in [-0.39, 0.29) is 0 Å². The Bertz CT molecular complexity index is 1530. The molecule has 0 fully saturated rings. The molecule has 0 radical (unpaired) electrons. The molecule has 4 heterocycles. The lowest BCUT2D eigenvalue weighted by molar-refractivity contribution is 0.415. The first-order valence-corrected chi connectivity index (χ1v) is 11.5. The number of aromatic nitrogens is 4. The smallest absolute Gasteiger partial charge is 0.145 e. The van der Waals surface area contributed by atoms with Crippen molar-refractivity contribution in [2.75, 3.05) is 7.11 Å². The molecule has 6 rings (SSSR count). The van der Waals surface area contributed by atoms with Gasteiger partial charge in [0, 0.05) is 35.2 Å². The van der Waals surface area contributed by atoms with Gasteiger partial charge in [0.1, 0.15) is 17.2 Å². The van der Waals surface area contributed by atoms with Crippen LogP contribution in [0.1, 0.15) is 0 Å². The van der Waals surface area contributed by atoms with Crippen molar-refractivity contribution in [3.05, 3.63) is 96.8 Å². The number of rotatable bonds is 5. The summed E-state index contributed by atoms with van der Waals surface area (Å²) in [7, 11) is 1.68. The maximum absolute atomic E-state index is 5.33. The molecule has 33 heavy (non-hydrogen) atoms. The molecule has 0 aliphatic carbocycles. The normalized spacial score (nSPS) is 11.2. The number of hydrogen-bond acceptors (Lipinski definition) is 4. The van der Waals surface area contributed by atoms with E-state index in [0.717, 1.165) is 55.6 Å². The molecule has 6 aromatic rings. The zero-order valence-electron chi connectivity index (χ0n) is 17.9. The van der Waals surface area contributed by atoms with Crippen molar-refractivity contribution in [1.29, 1.82) is 0 Å². The summed E-state index contributed by atoms with van der Waals surface area (Å²) >= 11 is 1.69. The second-order valence-corrected chi connectivity index (χ2v) is 8.62. The van der Waals surface area contributed by atoms with Crippen molar-refractivity contribution >= 4 is 22.4 Å². The Kier molecular flexibility index (Phi) is 4.78. The Balaban J connectivity index is 1.45. The highest BCUT2D eigenvalue weighted by Crippen LogP contribution is 2.33. The molecule has 0 bridgehead atoms. The van der Waals surface area contributed by atoms with E-state index in [9.17, 15) is 0 Å². The molecule has 0 aliphatic rings. The highest BCUT2D eigenvalue weighted by molar-refractivity contribution is 7.13. The van der Waals surface area contributed by atoms with Gasteiger partial charge in [-0.2, -0.15) is 0 Å². The number of imidazole rings is 1. The van der Waals surface area contributed by atoms with E-state index in [4.69, 9.17) is 9.72 Å². The lowest BCUT2D eigenvalue weighted by Crippen LogP contribution is -1.96. The van der Waals surface area contributed by atoms with Gasteiger partial charge in [0.25, 0.3) is 0 Å². The van der Waals surface area contributed by atoms with Crippen LogP contribution in [-0.4, -0.2) is 26.6 Å². The van der Waals surface area contributed by atoms with Gasteiger partial charge >= 0.3 is 0 Å². The summed E-state index contributed by atoms with van der Waals surface area (Å²) in [6.07, 6.45) is 5.86. The molecule has 0 saturated carbocycles. The van der Waals surface area contributed by atoms with Gasteiger partial charge in [-0.3, -0.25) is 4.57 Å². The molecule has 4 aromatic heterocycles. The Hall–Kier alpha value is -4.16. The topological polar surface area (TPSA) is 55.7 Å². The van der Waals surface area contributed by atoms with Crippen LogP contribution >= 0.6 is 11.3 Å². The number of aromatic amines is 1. The Labute approximate surface area is 195 Å². The second kappa shape index (κ2) is 8.07. The van der Waals surface area contributed by atoms with Gasteiger partial charge in [-0.15, -0.1) is 11.3 Å². The van der Waals surface area contributed by atoms with E-state index in [1.807, 2.05) is 24.5 Å². The molecule has 2 aromatic carbocycles. The van der Waals surface area contributed by atoms with Crippen LogP contribution in [0.4, 0.5) is 0 Å². The van der Waals surface area contributed by atoms with E-state index in [1.165, 1.54) is 0 Å². The Morgan fingerprint density at radius 2 is 1.73 bits per heavy atom. The zero-order chi connectivity index (χ0) is 22.2. The highest BCUT2D eigenvalue weighted by atomic mass is 32.1. The van der Waals surface area contributed by atoms with Crippen LogP contribution in [0.15, 0.2) is 96.8 Å². The molecular formula is C27H20N4OS. The van der Waals surface area contributed by atoms with E-state index >= 15 is 0 Å². The summed E-state index contributed by atoms with van der Waals surface area (Å²) in [6, 6.07) is 24.9. The number of benzene rings is 2. The van der Waals surface area contributed by atoms with Crippen molar-refractivity contribution in [3.8, 4) is 44.5 Å². The van der Waals surface area contributed by atoms with Gasteiger partial charge < -0.3 is 9.72 Å². The van der Waals surface area contributed by atoms with Crippen molar-refractivity contribution in [2.45, 2.75) is 0 Å². The van der Waals surface area contributed by atoms with Gasteiger partial charge in [0.05, 0.1) is 17.7 Å². The molecule has 0 atom stereocenters. The third-order valence-corrected chi connectivity index (χ3v) is 6.64. The number of nitrogens with one attached hydrogen (secondary N) is 1. The van der Waals surface area contributed by atoms with Crippen molar-refractivity contribution in [1.82, 2.24) is 19.5 Å². The van der Waals surface area contributed by atoms with Gasteiger partial charge in [-0.1, -0.05) is 30.3 Å². The van der Waals surface area contributed by atoms with Gasteiger partial charge in [-0.25, -0.2) is 9.97 Å². The fourth-order valence-electron chi connectivity index (χ4n) is 4.08. The molecule has 1 N–H and O–H groups in total. The largest absolute Gasteiger partial charge is 0.497 e. The number of pyridine rings is 1. The van der Waals surface area contributed by atoms with Crippen molar-refractivity contribution in [3.63, 3.8) is 0 Å². The van der Waals surface area contributed by atoms with Crippen molar-refractivity contribution < 1.29 is 4.74 Å². The predicted octanol–water partition coefficient (Wildman–Crippen LogP) is 6.82. The summed E-state index contributed by atoms with van der Waals surface area (Å²) < 4.78 is 7.47. The molecule has 0 saturated heterocycles. The summed E-state index contributed by atoms with van der Waals surface area (Å²) in [6.45, 7) is 0. The Morgan fingerprint density at radius 3 is 2.48 bits per heavy atom. The van der Waals surface area contributed by atoms with Crippen LogP contribution in [0.25, 0.3) is 49.8 Å². The summed E-state index contributed by atoms with van der Waals surface area (Å²) in [5.41, 5.74) is 6.25. The quantitative estimate of drug-likeness (QED) is 0.315. The molecule has 0 spiro atoms. The van der Waals surface area contributed by atoms with Gasteiger partial charge in [0.2, 0.25) is 0 Å². The van der Waals surface area contributed by atoms with E-state index in [2.05, 4.69) is 86.8 Å². The third-order valence-electron chi connectivity index (χ3n) is 5.74. The third kappa shape index (κ3) is 3.50.